The van der Waals surface area contributed by atoms with Crippen molar-refractivity contribution in [3.8, 4) is 5.75 Å². The van der Waals surface area contributed by atoms with Crippen molar-refractivity contribution in [3.05, 3.63) is 59.9 Å². The monoisotopic (exact) mass is 253 g/mol. The third-order valence-corrected chi connectivity index (χ3v) is 3.12. The highest BCUT2D eigenvalue weighted by Crippen LogP contribution is 2.26. The van der Waals surface area contributed by atoms with E-state index in [4.69, 9.17) is 4.74 Å². The average molecular weight is 253 g/mol. The van der Waals surface area contributed by atoms with Crippen LogP contribution in [0.3, 0.4) is 0 Å². The molecule has 1 aromatic carbocycles. The second kappa shape index (κ2) is 5.22. The number of Topliss-reactive ketones (excluding diaryl/α,β-unsaturated/α-hetero) is 1. The second-order valence-corrected chi connectivity index (χ2v) is 4.80. The molecule has 0 spiro atoms. The number of hydrogen-bond acceptors (Lipinski definition) is 3. The lowest BCUT2D eigenvalue weighted by Gasteiger charge is -2.05. The molecule has 0 amide bonds. The zero-order valence-electron chi connectivity index (χ0n) is 10.6. The summed E-state index contributed by atoms with van der Waals surface area (Å²) in [5.41, 5.74) is 1.71. The van der Waals surface area contributed by atoms with Crippen LogP contribution in [0.1, 0.15) is 28.8 Å². The van der Waals surface area contributed by atoms with Crippen LogP contribution < -0.4 is 4.74 Å². The molecule has 1 fully saturated rings. The van der Waals surface area contributed by atoms with E-state index in [1.165, 1.54) is 0 Å². The van der Waals surface area contributed by atoms with Gasteiger partial charge in [-0.1, -0.05) is 0 Å². The minimum Gasteiger partial charge on any atom is -0.490 e. The first-order valence-electron chi connectivity index (χ1n) is 6.50. The Hall–Kier alpha value is -2.16. The Kier molecular flexibility index (Phi) is 3.27. The molecule has 3 nitrogen and oxygen atoms in total. The maximum atomic E-state index is 12.1. The van der Waals surface area contributed by atoms with Crippen LogP contribution in [0.4, 0.5) is 0 Å². The second-order valence-electron chi connectivity index (χ2n) is 4.80. The van der Waals surface area contributed by atoms with Crippen molar-refractivity contribution in [2.75, 3.05) is 0 Å². The minimum absolute atomic E-state index is 0.115. The first kappa shape index (κ1) is 11.9. The van der Waals surface area contributed by atoms with E-state index in [1.807, 2.05) is 36.4 Å². The molecule has 0 saturated heterocycles. The summed E-state index contributed by atoms with van der Waals surface area (Å²) in [6.45, 7) is 0. The van der Waals surface area contributed by atoms with E-state index < -0.39 is 0 Å². The molecule has 0 radical (unpaired) electrons. The average Bonchev–Trinajstić information content (AvgIpc) is 3.25. The number of ether oxygens (including phenoxy) is 1. The molecule has 0 aliphatic heterocycles. The number of rotatable bonds is 5. The van der Waals surface area contributed by atoms with Crippen LogP contribution in [0.5, 0.6) is 5.75 Å². The van der Waals surface area contributed by atoms with Crippen molar-refractivity contribution < 1.29 is 9.53 Å². The van der Waals surface area contributed by atoms with Gasteiger partial charge in [-0.05, 0) is 54.8 Å². The molecule has 19 heavy (non-hydrogen) atoms. The molecular formula is C16H15NO2. The van der Waals surface area contributed by atoms with Crippen molar-refractivity contribution in [3.63, 3.8) is 0 Å². The Bertz CT molecular complexity index is 559. The number of carbonyl (C=O) groups is 1. The van der Waals surface area contributed by atoms with E-state index in [1.54, 1.807) is 12.4 Å². The molecule has 1 aliphatic rings. The number of pyridine rings is 1. The molecule has 1 saturated carbocycles. The Morgan fingerprint density at radius 3 is 2.42 bits per heavy atom. The van der Waals surface area contributed by atoms with Crippen LogP contribution in [0, 0.1) is 0 Å². The highest BCUT2D eigenvalue weighted by atomic mass is 16.5. The summed E-state index contributed by atoms with van der Waals surface area (Å²) in [7, 11) is 0. The van der Waals surface area contributed by atoms with Gasteiger partial charge in [0, 0.05) is 24.4 Å². The van der Waals surface area contributed by atoms with Gasteiger partial charge in [0.1, 0.15) is 5.75 Å². The predicted octanol–water partition coefficient (Wildman–Crippen LogP) is 3.05. The number of hydrogen-bond donors (Lipinski definition) is 0. The van der Waals surface area contributed by atoms with Crippen LogP contribution in [0.25, 0.3) is 0 Å². The molecule has 0 N–H and O–H groups in total. The zero-order valence-corrected chi connectivity index (χ0v) is 10.6. The van der Waals surface area contributed by atoms with Crippen molar-refractivity contribution >= 4 is 5.78 Å². The molecule has 0 unspecified atom stereocenters. The Balaban J connectivity index is 1.65. The number of nitrogens with zero attached hydrogens (tertiary/aromatic N) is 1. The van der Waals surface area contributed by atoms with Gasteiger partial charge in [-0.25, -0.2) is 0 Å². The largest absolute Gasteiger partial charge is 0.490 e. The van der Waals surface area contributed by atoms with Crippen molar-refractivity contribution in [1.82, 2.24) is 4.98 Å². The summed E-state index contributed by atoms with van der Waals surface area (Å²) in [4.78, 5) is 16.0. The smallest absolute Gasteiger partial charge is 0.167 e. The fourth-order valence-electron chi connectivity index (χ4n) is 1.89. The summed E-state index contributed by atoms with van der Waals surface area (Å²) < 4.78 is 5.66. The molecule has 0 bridgehead atoms. The van der Waals surface area contributed by atoms with Gasteiger partial charge in [0.15, 0.2) is 5.78 Å². The fraction of sp³-hybridized carbons (Fsp3) is 0.250. The molecule has 1 aromatic heterocycles. The Labute approximate surface area is 112 Å². The lowest BCUT2D eigenvalue weighted by atomic mass is 10.0. The third-order valence-electron chi connectivity index (χ3n) is 3.12. The minimum atomic E-state index is 0.115. The molecule has 0 atom stereocenters. The molecule has 1 aliphatic carbocycles. The SMILES string of the molecule is O=C(Cc1ccncc1)c1ccc(OC2CC2)cc1. The van der Waals surface area contributed by atoms with E-state index in [2.05, 4.69) is 4.98 Å². The molecule has 2 aromatic rings. The predicted molar refractivity (Wildman–Crippen MR) is 72.4 cm³/mol. The number of aromatic nitrogens is 1. The quantitative estimate of drug-likeness (QED) is 0.769. The number of ketones is 1. The molecular weight excluding hydrogens is 238 g/mol. The maximum absolute atomic E-state index is 12.1. The standard InChI is InChI=1S/C16H15NO2/c18-16(11-12-7-9-17-10-8-12)13-1-3-14(4-2-13)19-15-5-6-15/h1-4,7-10,15H,5-6,11H2. The molecule has 3 rings (SSSR count). The van der Waals surface area contributed by atoms with Crippen molar-refractivity contribution in [1.29, 1.82) is 0 Å². The Morgan fingerprint density at radius 2 is 1.79 bits per heavy atom. The van der Waals surface area contributed by atoms with E-state index in [9.17, 15) is 4.79 Å². The normalized spacial score (nSPS) is 14.1. The molecule has 1 heterocycles. The van der Waals surface area contributed by atoms with Gasteiger partial charge in [-0.3, -0.25) is 9.78 Å². The van der Waals surface area contributed by atoms with Gasteiger partial charge in [0.2, 0.25) is 0 Å². The van der Waals surface area contributed by atoms with E-state index >= 15 is 0 Å². The first-order valence-corrected chi connectivity index (χ1v) is 6.50. The van der Waals surface area contributed by atoms with Gasteiger partial charge in [-0.15, -0.1) is 0 Å². The summed E-state index contributed by atoms with van der Waals surface area (Å²) in [6, 6.07) is 11.1. The summed E-state index contributed by atoms with van der Waals surface area (Å²) in [5.74, 6) is 0.965. The van der Waals surface area contributed by atoms with Crippen LogP contribution in [-0.2, 0) is 6.42 Å². The highest BCUT2D eigenvalue weighted by molar-refractivity contribution is 5.97. The van der Waals surface area contributed by atoms with E-state index in [-0.39, 0.29) is 5.78 Å². The Morgan fingerprint density at radius 1 is 1.11 bits per heavy atom. The lowest BCUT2D eigenvalue weighted by molar-refractivity contribution is 0.0993. The van der Waals surface area contributed by atoms with Crippen molar-refractivity contribution in [2.45, 2.75) is 25.4 Å². The van der Waals surface area contributed by atoms with Crippen LogP contribution >= 0.6 is 0 Å². The third kappa shape index (κ3) is 3.19. The summed E-state index contributed by atoms with van der Waals surface area (Å²) >= 11 is 0. The number of carbonyl (C=O) groups excluding carboxylic acids is 1. The summed E-state index contributed by atoms with van der Waals surface area (Å²) in [5, 5.41) is 0. The van der Waals surface area contributed by atoms with Gasteiger partial charge < -0.3 is 4.74 Å². The highest BCUT2D eigenvalue weighted by Gasteiger charge is 2.23. The molecule has 96 valence electrons. The fourth-order valence-corrected chi connectivity index (χ4v) is 1.89. The van der Waals surface area contributed by atoms with Crippen LogP contribution in [0.2, 0.25) is 0 Å². The maximum Gasteiger partial charge on any atom is 0.167 e. The summed E-state index contributed by atoms with van der Waals surface area (Å²) in [6.07, 6.45) is 6.49. The molecule has 3 heteroatoms. The van der Waals surface area contributed by atoms with Gasteiger partial charge in [0.05, 0.1) is 6.10 Å². The lowest BCUT2D eigenvalue weighted by Crippen LogP contribution is -2.04. The number of benzene rings is 1. The van der Waals surface area contributed by atoms with Crippen LogP contribution in [-0.4, -0.2) is 16.9 Å². The van der Waals surface area contributed by atoms with Crippen LogP contribution in [0.15, 0.2) is 48.8 Å². The van der Waals surface area contributed by atoms with Gasteiger partial charge >= 0.3 is 0 Å². The zero-order chi connectivity index (χ0) is 13.1. The van der Waals surface area contributed by atoms with Gasteiger partial charge in [-0.2, -0.15) is 0 Å². The van der Waals surface area contributed by atoms with Crippen molar-refractivity contribution in [2.24, 2.45) is 0 Å². The van der Waals surface area contributed by atoms with Gasteiger partial charge in [0.25, 0.3) is 0 Å². The van der Waals surface area contributed by atoms with E-state index in [0.29, 0.717) is 12.5 Å². The topological polar surface area (TPSA) is 39.2 Å². The first-order chi connectivity index (χ1) is 9.31. The van der Waals surface area contributed by atoms with E-state index in [0.717, 1.165) is 29.7 Å².